The molecule has 3 fully saturated rings. The number of Topliss-reactive ketones (excluding diaryl/α,β-unsaturated/α-hetero) is 1. The van der Waals surface area contributed by atoms with Gasteiger partial charge in [0.15, 0.2) is 11.6 Å². The lowest BCUT2D eigenvalue weighted by molar-refractivity contribution is -0.133. The lowest BCUT2D eigenvalue weighted by Crippen LogP contribution is -2.50. The maximum absolute atomic E-state index is 12.5. The molecule has 0 aromatic carbocycles. The highest BCUT2D eigenvalue weighted by atomic mass is 16.3. The number of allylic oxidation sites excluding steroid dienone is 4. The van der Waals surface area contributed by atoms with Crippen LogP contribution in [-0.4, -0.2) is 23.3 Å². The number of carbonyl (C=O) groups excluding carboxylic acids is 2. The Morgan fingerprint density at radius 3 is 2.76 bits per heavy atom. The maximum atomic E-state index is 12.5. The maximum Gasteiger partial charge on any atom is 0.178 e. The molecule has 0 aliphatic heterocycles. The fourth-order valence-electron chi connectivity index (χ4n) is 7.35. The van der Waals surface area contributed by atoms with E-state index in [0.29, 0.717) is 23.7 Å². The number of aliphatic hydroxyl groups is 1. The van der Waals surface area contributed by atoms with Crippen molar-refractivity contribution in [2.24, 2.45) is 40.4 Å². The monoisotopic (exact) mass is 342 g/mol. The van der Waals surface area contributed by atoms with Crippen molar-refractivity contribution in [2.75, 3.05) is 6.61 Å². The molecule has 0 spiro atoms. The van der Waals surface area contributed by atoms with Gasteiger partial charge < -0.3 is 5.11 Å². The number of carbonyl (C=O) groups is 2. The average molecular weight is 342 g/mol. The van der Waals surface area contributed by atoms with E-state index >= 15 is 0 Å². The minimum absolute atomic E-state index is 0.0108. The van der Waals surface area contributed by atoms with E-state index in [2.05, 4.69) is 26.8 Å². The molecule has 7 atom stereocenters. The summed E-state index contributed by atoms with van der Waals surface area (Å²) < 4.78 is 0. The molecule has 0 saturated heterocycles. The molecule has 136 valence electrons. The van der Waals surface area contributed by atoms with E-state index < -0.39 is 0 Å². The quantitative estimate of drug-likeness (QED) is 0.832. The van der Waals surface area contributed by atoms with Gasteiger partial charge in [-0.1, -0.05) is 32.4 Å². The van der Waals surface area contributed by atoms with Crippen molar-refractivity contribution in [3.63, 3.8) is 0 Å². The number of rotatable bonds is 2. The van der Waals surface area contributed by atoms with E-state index in [0.717, 1.165) is 32.1 Å². The van der Waals surface area contributed by atoms with Crippen LogP contribution in [0.15, 0.2) is 23.8 Å². The second kappa shape index (κ2) is 5.64. The fourth-order valence-corrected chi connectivity index (χ4v) is 7.35. The van der Waals surface area contributed by atoms with Crippen LogP contribution in [0, 0.1) is 40.4 Å². The van der Waals surface area contributed by atoms with Crippen LogP contribution in [0.3, 0.4) is 0 Å². The normalized spacial score (nSPS) is 48.4. The summed E-state index contributed by atoms with van der Waals surface area (Å²) in [7, 11) is 0. The van der Waals surface area contributed by atoms with Gasteiger partial charge in [-0.25, -0.2) is 0 Å². The van der Waals surface area contributed by atoms with Crippen LogP contribution in [0.2, 0.25) is 0 Å². The number of aliphatic hydroxyl groups excluding tert-OH is 1. The molecule has 0 unspecified atom stereocenters. The van der Waals surface area contributed by atoms with Gasteiger partial charge in [0.1, 0.15) is 6.61 Å². The lowest BCUT2D eigenvalue weighted by atomic mass is 9.47. The largest absolute Gasteiger partial charge is 0.389 e. The van der Waals surface area contributed by atoms with E-state index in [-0.39, 0.29) is 34.9 Å². The third-order valence-corrected chi connectivity index (χ3v) is 8.40. The summed E-state index contributed by atoms with van der Waals surface area (Å²) in [5, 5.41) is 9.47. The first-order valence-corrected chi connectivity index (χ1v) is 9.89. The molecule has 0 aromatic rings. The van der Waals surface area contributed by atoms with Crippen LogP contribution in [0.4, 0.5) is 0 Å². The molecule has 0 aromatic heterocycles. The number of fused-ring (bicyclic) bond motifs is 5. The molecule has 4 aliphatic carbocycles. The molecule has 0 bridgehead atoms. The smallest absolute Gasteiger partial charge is 0.178 e. The van der Waals surface area contributed by atoms with Crippen molar-refractivity contribution in [1.29, 1.82) is 0 Å². The Labute approximate surface area is 150 Å². The van der Waals surface area contributed by atoms with Gasteiger partial charge >= 0.3 is 0 Å². The lowest BCUT2D eigenvalue weighted by Gasteiger charge is -2.56. The van der Waals surface area contributed by atoms with Gasteiger partial charge in [-0.3, -0.25) is 9.59 Å². The summed E-state index contributed by atoms with van der Waals surface area (Å²) in [5.74, 6) is 2.31. The molecular formula is C22H30O3. The highest BCUT2D eigenvalue weighted by molar-refractivity contribution is 6.01. The van der Waals surface area contributed by atoms with Crippen molar-refractivity contribution in [2.45, 2.75) is 52.9 Å². The van der Waals surface area contributed by atoms with Crippen LogP contribution >= 0.6 is 0 Å². The molecule has 25 heavy (non-hydrogen) atoms. The molecular weight excluding hydrogens is 312 g/mol. The Hall–Kier alpha value is -1.22. The zero-order valence-corrected chi connectivity index (χ0v) is 15.6. The first-order chi connectivity index (χ1) is 11.8. The second-order valence-corrected chi connectivity index (χ2v) is 9.46. The summed E-state index contributed by atoms with van der Waals surface area (Å²) in [6.45, 7) is 6.51. The molecule has 0 heterocycles. The number of ketones is 2. The number of hydrogen-bond donors (Lipinski definition) is 1. The highest BCUT2D eigenvalue weighted by Gasteiger charge is 2.61. The summed E-state index contributed by atoms with van der Waals surface area (Å²) in [6, 6.07) is 0. The van der Waals surface area contributed by atoms with Crippen molar-refractivity contribution in [1.82, 2.24) is 0 Å². The molecule has 0 amide bonds. The van der Waals surface area contributed by atoms with Crippen LogP contribution in [0.25, 0.3) is 0 Å². The molecule has 4 rings (SSSR count). The van der Waals surface area contributed by atoms with E-state index in [1.165, 1.54) is 5.57 Å². The van der Waals surface area contributed by atoms with E-state index in [9.17, 15) is 14.7 Å². The van der Waals surface area contributed by atoms with E-state index in [1.807, 2.05) is 6.08 Å². The third-order valence-electron chi connectivity index (χ3n) is 8.40. The first kappa shape index (κ1) is 17.2. The Morgan fingerprint density at radius 1 is 1.28 bits per heavy atom. The van der Waals surface area contributed by atoms with E-state index in [1.54, 1.807) is 6.08 Å². The average Bonchev–Trinajstić information content (AvgIpc) is 2.85. The Morgan fingerprint density at radius 2 is 2.04 bits per heavy atom. The van der Waals surface area contributed by atoms with Crippen molar-refractivity contribution >= 4 is 11.6 Å². The topological polar surface area (TPSA) is 54.4 Å². The molecule has 3 saturated carbocycles. The van der Waals surface area contributed by atoms with Crippen LogP contribution in [0.1, 0.15) is 52.9 Å². The van der Waals surface area contributed by atoms with Crippen LogP contribution in [-0.2, 0) is 9.59 Å². The van der Waals surface area contributed by atoms with E-state index in [4.69, 9.17) is 0 Å². The van der Waals surface area contributed by atoms with Crippen molar-refractivity contribution in [3.8, 4) is 0 Å². The molecule has 3 heteroatoms. The van der Waals surface area contributed by atoms with Crippen LogP contribution < -0.4 is 0 Å². The van der Waals surface area contributed by atoms with Gasteiger partial charge in [-0.2, -0.15) is 0 Å². The van der Waals surface area contributed by atoms with Gasteiger partial charge in [0.05, 0.1) is 0 Å². The predicted molar refractivity (Wildman–Crippen MR) is 96.7 cm³/mol. The third kappa shape index (κ3) is 2.27. The highest BCUT2D eigenvalue weighted by Crippen LogP contribution is 2.67. The minimum atomic E-state index is -0.319. The molecule has 0 radical (unpaired) electrons. The second-order valence-electron chi connectivity index (χ2n) is 9.46. The molecule has 3 nitrogen and oxygen atoms in total. The van der Waals surface area contributed by atoms with Crippen molar-refractivity contribution < 1.29 is 14.7 Å². The minimum Gasteiger partial charge on any atom is -0.389 e. The van der Waals surface area contributed by atoms with Crippen LogP contribution in [0.5, 0.6) is 0 Å². The Bertz CT molecular complexity index is 675. The first-order valence-electron chi connectivity index (χ1n) is 9.89. The predicted octanol–water partition coefficient (Wildman–Crippen LogP) is 3.72. The molecule has 4 aliphatic rings. The SMILES string of the molecule is C[C@@H]1C[C@H]2[C@@H]3CCC4=CC(=O)C=C[C@]4(C)[C@H]3CC[C@]2(C)[C@H]1C(=O)CO. The standard InChI is InChI=1S/C22H30O3/c1-13-10-18-16-5-4-14-11-15(24)6-8-21(14,2)17(16)7-9-22(18,3)20(13)19(25)12-23/h6,8,11,13,16-18,20,23H,4-5,7,9-10,12H2,1-3H3/t13-,16-,17+,18+,20-,21+,22+/m1/s1. The van der Waals surface area contributed by atoms with Gasteiger partial charge in [-0.05, 0) is 73.3 Å². The van der Waals surface area contributed by atoms with Gasteiger partial charge in [0.2, 0.25) is 0 Å². The van der Waals surface area contributed by atoms with Gasteiger partial charge in [0.25, 0.3) is 0 Å². The molecule has 1 N–H and O–H groups in total. The summed E-state index contributed by atoms with van der Waals surface area (Å²) >= 11 is 0. The van der Waals surface area contributed by atoms with Gasteiger partial charge in [0, 0.05) is 11.3 Å². The Kier molecular flexibility index (Phi) is 3.88. The fraction of sp³-hybridized carbons (Fsp3) is 0.727. The zero-order valence-electron chi connectivity index (χ0n) is 15.6. The summed E-state index contributed by atoms with van der Waals surface area (Å²) in [4.78, 5) is 24.3. The summed E-state index contributed by atoms with van der Waals surface area (Å²) in [6.07, 6.45) is 11.2. The van der Waals surface area contributed by atoms with Gasteiger partial charge in [-0.15, -0.1) is 0 Å². The zero-order chi connectivity index (χ0) is 18.0. The summed E-state index contributed by atoms with van der Waals surface area (Å²) in [5.41, 5.74) is 1.37. The van der Waals surface area contributed by atoms with Crippen molar-refractivity contribution in [3.05, 3.63) is 23.8 Å². The Balaban J connectivity index is 1.68. The number of hydrogen-bond acceptors (Lipinski definition) is 3.